The highest BCUT2D eigenvalue weighted by molar-refractivity contribution is 6.06. The zero-order valence-corrected chi connectivity index (χ0v) is 12.4. The highest BCUT2D eigenvalue weighted by atomic mass is 16.2. The second-order valence-electron chi connectivity index (χ2n) is 4.97. The van der Waals surface area contributed by atoms with E-state index in [2.05, 4.69) is 13.5 Å². The molecule has 0 bridgehead atoms. The summed E-state index contributed by atoms with van der Waals surface area (Å²) in [6.45, 7) is 6.03. The van der Waals surface area contributed by atoms with Gasteiger partial charge in [0.2, 0.25) is 0 Å². The Bertz CT molecular complexity index is 577. The highest BCUT2D eigenvalue weighted by Crippen LogP contribution is 2.22. The fraction of sp³-hybridized carbons (Fsp3) is 0.211. The monoisotopic (exact) mass is 279 g/mol. The van der Waals surface area contributed by atoms with Crippen LogP contribution in [-0.4, -0.2) is 11.9 Å². The maximum atomic E-state index is 12.9. The van der Waals surface area contributed by atoms with Crippen LogP contribution >= 0.6 is 0 Å². The Morgan fingerprint density at radius 1 is 1.10 bits per heavy atom. The van der Waals surface area contributed by atoms with E-state index in [0.29, 0.717) is 5.56 Å². The van der Waals surface area contributed by atoms with Gasteiger partial charge in [0.15, 0.2) is 0 Å². The molecule has 0 spiro atoms. The van der Waals surface area contributed by atoms with Gasteiger partial charge in [-0.15, -0.1) is 6.58 Å². The number of carbonyl (C=O) groups is 1. The zero-order valence-electron chi connectivity index (χ0n) is 12.4. The average molecular weight is 279 g/mol. The Morgan fingerprint density at radius 2 is 1.67 bits per heavy atom. The molecular formula is C19H21NO. The average Bonchev–Trinajstić information content (AvgIpc) is 2.56. The van der Waals surface area contributed by atoms with Crippen molar-refractivity contribution >= 4 is 11.6 Å². The van der Waals surface area contributed by atoms with Crippen LogP contribution in [0.3, 0.4) is 0 Å². The van der Waals surface area contributed by atoms with Gasteiger partial charge in [-0.3, -0.25) is 4.79 Å². The summed E-state index contributed by atoms with van der Waals surface area (Å²) in [5, 5.41) is 0. The maximum Gasteiger partial charge on any atom is 0.258 e. The largest absolute Gasteiger partial charge is 0.302 e. The summed E-state index contributed by atoms with van der Waals surface area (Å²) in [7, 11) is 0. The van der Waals surface area contributed by atoms with Crippen LogP contribution in [-0.2, 0) is 0 Å². The van der Waals surface area contributed by atoms with E-state index >= 15 is 0 Å². The Hall–Kier alpha value is -2.35. The first-order chi connectivity index (χ1) is 10.3. The van der Waals surface area contributed by atoms with E-state index in [1.54, 1.807) is 0 Å². The molecule has 0 N–H and O–H groups in total. The fourth-order valence-electron chi connectivity index (χ4n) is 2.42. The second-order valence-corrected chi connectivity index (χ2v) is 4.97. The molecule has 0 aliphatic heterocycles. The Morgan fingerprint density at radius 3 is 2.19 bits per heavy atom. The van der Waals surface area contributed by atoms with Crippen molar-refractivity contribution in [1.29, 1.82) is 0 Å². The molecule has 1 atom stereocenters. The van der Waals surface area contributed by atoms with Crippen LogP contribution in [0.1, 0.15) is 30.1 Å². The highest BCUT2D eigenvalue weighted by Gasteiger charge is 2.23. The fourth-order valence-corrected chi connectivity index (χ4v) is 2.42. The van der Waals surface area contributed by atoms with Crippen molar-refractivity contribution < 1.29 is 4.79 Å². The Labute approximate surface area is 126 Å². The predicted octanol–water partition coefficient (Wildman–Crippen LogP) is 4.69. The van der Waals surface area contributed by atoms with Crippen molar-refractivity contribution in [2.45, 2.75) is 25.8 Å². The van der Waals surface area contributed by atoms with Gasteiger partial charge in [-0.25, -0.2) is 0 Å². The molecule has 0 unspecified atom stereocenters. The lowest BCUT2D eigenvalue weighted by Gasteiger charge is -2.30. The number of nitrogens with zero attached hydrogens (tertiary/aromatic N) is 1. The molecule has 0 saturated carbocycles. The molecule has 2 nitrogen and oxygen atoms in total. The molecule has 108 valence electrons. The molecule has 0 aliphatic rings. The van der Waals surface area contributed by atoms with Crippen molar-refractivity contribution in [2.75, 3.05) is 4.90 Å². The molecule has 2 heteroatoms. The van der Waals surface area contributed by atoms with Crippen LogP contribution < -0.4 is 4.90 Å². The number of hydrogen-bond acceptors (Lipinski definition) is 1. The molecule has 0 radical (unpaired) electrons. The topological polar surface area (TPSA) is 20.3 Å². The van der Waals surface area contributed by atoms with Crippen LogP contribution in [0.15, 0.2) is 73.3 Å². The van der Waals surface area contributed by atoms with E-state index in [1.807, 2.05) is 71.6 Å². The minimum absolute atomic E-state index is 0.00473. The summed E-state index contributed by atoms with van der Waals surface area (Å²) in [5.41, 5.74) is 1.61. The summed E-state index contributed by atoms with van der Waals surface area (Å²) in [4.78, 5) is 14.7. The third kappa shape index (κ3) is 3.60. The minimum atomic E-state index is 0.00473. The lowest BCUT2D eigenvalue weighted by atomic mass is 10.1. The summed E-state index contributed by atoms with van der Waals surface area (Å²) in [5.74, 6) is 0.0140. The maximum absolute atomic E-state index is 12.9. The normalized spacial score (nSPS) is 11.7. The van der Waals surface area contributed by atoms with Crippen molar-refractivity contribution in [1.82, 2.24) is 0 Å². The molecule has 21 heavy (non-hydrogen) atoms. The number of carbonyl (C=O) groups excluding carboxylic acids is 1. The van der Waals surface area contributed by atoms with Gasteiger partial charge in [0.05, 0.1) is 6.04 Å². The Kier molecular flexibility index (Phi) is 5.33. The van der Waals surface area contributed by atoms with Gasteiger partial charge in [0, 0.05) is 11.3 Å². The summed E-state index contributed by atoms with van der Waals surface area (Å²) in [6.07, 6.45) is 3.76. The van der Waals surface area contributed by atoms with Crippen LogP contribution in [0.5, 0.6) is 0 Å². The van der Waals surface area contributed by atoms with E-state index in [0.717, 1.165) is 18.5 Å². The van der Waals surface area contributed by atoms with E-state index in [9.17, 15) is 4.79 Å². The van der Waals surface area contributed by atoms with Crippen LogP contribution in [0.25, 0.3) is 0 Å². The number of benzene rings is 2. The minimum Gasteiger partial charge on any atom is -0.302 e. The summed E-state index contributed by atoms with van der Waals surface area (Å²) < 4.78 is 0. The first-order valence-electron chi connectivity index (χ1n) is 7.34. The molecule has 2 rings (SSSR count). The molecule has 0 heterocycles. The quantitative estimate of drug-likeness (QED) is 0.703. The second kappa shape index (κ2) is 7.44. The SMILES string of the molecule is C=C[C@H](CCC)N(C(=O)c1ccccc1)c1ccccc1. The number of anilines is 1. The van der Waals surface area contributed by atoms with Crippen molar-refractivity contribution in [3.8, 4) is 0 Å². The standard InChI is InChI=1S/C19H21NO/c1-3-11-17(4-2)20(18-14-9-6-10-15-18)19(21)16-12-7-5-8-13-16/h4-10,12-15,17H,2-3,11H2,1H3/t17-/m1/s1. The van der Waals surface area contributed by atoms with Crippen LogP contribution in [0.2, 0.25) is 0 Å². The third-order valence-corrected chi connectivity index (χ3v) is 3.46. The molecule has 0 saturated heterocycles. The lowest BCUT2D eigenvalue weighted by Crippen LogP contribution is -2.39. The van der Waals surface area contributed by atoms with Crippen LogP contribution in [0, 0.1) is 0 Å². The summed E-state index contributed by atoms with van der Waals surface area (Å²) >= 11 is 0. The molecule has 0 aliphatic carbocycles. The van der Waals surface area contributed by atoms with Gasteiger partial charge in [-0.05, 0) is 30.7 Å². The van der Waals surface area contributed by atoms with E-state index in [4.69, 9.17) is 0 Å². The van der Waals surface area contributed by atoms with Gasteiger partial charge < -0.3 is 4.90 Å². The first-order valence-corrected chi connectivity index (χ1v) is 7.34. The molecule has 2 aromatic carbocycles. The van der Waals surface area contributed by atoms with E-state index < -0.39 is 0 Å². The van der Waals surface area contributed by atoms with Gasteiger partial charge in [0.1, 0.15) is 0 Å². The predicted molar refractivity (Wildman–Crippen MR) is 88.6 cm³/mol. The van der Waals surface area contributed by atoms with E-state index in [1.165, 1.54) is 0 Å². The number of hydrogen-bond donors (Lipinski definition) is 0. The number of amides is 1. The lowest BCUT2D eigenvalue weighted by molar-refractivity contribution is 0.0980. The summed E-state index contributed by atoms with van der Waals surface area (Å²) in [6, 6.07) is 19.2. The zero-order chi connectivity index (χ0) is 15.1. The first kappa shape index (κ1) is 15.0. The molecule has 0 aromatic heterocycles. The number of rotatable bonds is 6. The van der Waals surface area contributed by atoms with Crippen LogP contribution in [0.4, 0.5) is 5.69 Å². The van der Waals surface area contributed by atoms with Crippen molar-refractivity contribution in [3.63, 3.8) is 0 Å². The molecular weight excluding hydrogens is 258 g/mol. The smallest absolute Gasteiger partial charge is 0.258 e. The van der Waals surface area contributed by atoms with Gasteiger partial charge >= 0.3 is 0 Å². The molecule has 0 fully saturated rings. The molecule has 2 aromatic rings. The van der Waals surface area contributed by atoms with Gasteiger partial charge in [0.25, 0.3) is 5.91 Å². The van der Waals surface area contributed by atoms with Crippen molar-refractivity contribution in [2.24, 2.45) is 0 Å². The Balaban J connectivity index is 2.40. The molecule has 1 amide bonds. The van der Waals surface area contributed by atoms with E-state index in [-0.39, 0.29) is 11.9 Å². The third-order valence-electron chi connectivity index (χ3n) is 3.46. The van der Waals surface area contributed by atoms with Crippen molar-refractivity contribution in [3.05, 3.63) is 78.9 Å². The van der Waals surface area contributed by atoms with Gasteiger partial charge in [-0.1, -0.05) is 55.8 Å². The number of para-hydroxylation sites is 1. The van der Waals surface area contributed by atoms with Gasteiger partial charge in [-0.2, -0.15) is 0 Å².